The number of rotatable bonds is 6. The first kappa shape index (κ1) is 15.9. The van der Waals surface area contributed by atoms with E-state index in [-0.39, 0.29) is 5.41 Å². The predicted molar refractivity (Wildman–Crippen MR) is 87.4 cm³/mol. The lowest BCUT2D eigenvalue weighted by molar-refractivity contribution is 0.239. The van der Waals surface area contributed by atoms with Crippen LogP contribution in [0.3, 0.4) is 0 Å². The molecule has 1 saturated heterocycles. The molecule has 1 fully saturated rings. The average molecular weight is 295 g/mol. The van der Waals surface area contributed by atoms with E-state index in [0.29, 0.717) is 6.04 Å². The van der Waals surface area contributed by atoms with Crippen molar-refractivity contribution in [1.29, 1.82) is 0 Å². The summed E-state index contributed by atoms with van der Waals surface area (Å²) in [5.74, 6) is 0. The van der Waals surface area contributed by atoms with Crippen molar-refractivity contribution in [2.75, 3.05) is 19.6 Å². The van der Waals surface area contributed by atoms with E-state index in [4.69, 9.17) is 4.98 Å². The number of hydrogen-bond donors (Lipinski definition) is 1. The fourth-order valence-corrected chi connectivity index (χ4v) is 3.63. The van der Waals surface area contributed by atoms with Crippen LogP contribution in [0.15, 0.2) is 5.38 Å². The van der Waals surface area contributed by atoms with Gasteiger partial charge in [-0.2, -0.15) is 0 Å². The quantitative estimate of drug-likeness (QED) is 0.872. The van der Waals surface area contributed by atoms with Crippen molar-refractivity contribution in [2.24, 2.45) is 0 Å². The van der Waals surface area contributed by atoms with Gasteiger partial charge in [0.05, 0.1) is 10.7 Å². The zero-order valence-electron chi connectivity index (χ0n) is 13.4. The van der Waals surface area contributed by atoms with Gasteiger partial charge in [0, 0.05) is 29.9 Å². The van der Waals surface area contributed by atoms with Crippen LogP contribution in [0.2, 0.25) is 0 Å². The summed E-state index contributed by atoms with van der Waals surface area (Å²) in [4.78, 5) is 7.39. The van der Waals surface area contributed by atoms with Gasteiger partial charge in [0.15, 0.2) is 0 Å². The number of nitrogens with zero attached hydrogens (tertiary/aromatic N) is 2. The van der Waals surface area contributed by atoms with E-state index in [2.05, 4.69) is 43.3 Å². The summed E-state index contributed by atoms with van der Waals surface area (Å²) in [7, 11) is 0. The molecule has 1 aliphatic rings. The molecule has 1 unspecified atom stereocenters. The van der Waals surface area contributed by atoms with Gasteiger partial charge in [-0.25, -0.2) is 4.98 Å². The molecule has 0 spiro atoms. The Morgan fingerprint density at radius 2 is 2.25 bits per heavy atom. The van der Waals surface area contributed by atoms with Crippen LogP contribution in [0.25, 0.3) is 0 Å². The molecular weight excluding hydrogens is 266 g/mol. The van der Waals surface area contributed by atoms with Gasteiger partial charge in [0.2, 0.25) is 0 Å². The van der Waals surface area contributed by atoms with Crippen molar-refractivity contribution in [3.63, 3.8) is 0 Å². The molecular formula is C16H29N3S. The van der Waals surface area contributed by atoms with E-state index in [1.807, 2.05) is 0 Å². The van der Waals surface area contributed by atoms with Crippen LogP contribution in [0.5, 0.6) is 0 Å². The van der Waals surface area contributed by atoms with Crippen LogP contribution in [0.4, 0.5) is 0 Å². The second kappa shape index (κ2) is 7.01. The Kier molecular flexibility index (Phi) is 5.58. The number of hydrogen-bond acceptors (Lipinski definition) is 4. The van der Waals surface area contributed by atoms with Crippen LogP contribution < -0.4 is 5.32 Å². The second-order valence-electron chi connectivity index (χ2n) is 6.92. The Hall–Kier alpha value is -0.450. The summed E-state index contributed by atoms with van der Waals surface area (Å²) in [6, 6.07) is 0.683. The number of thiazole rings is 1. The summed E-state index contributed by atoms with van der Waals surface area (Å²) in [5.41, 5.74) is 1.41. The maximum atomic E-state index is 4.83. The molecule has 4 heteroatoms. The molecule has 1 atom stereocenters. The monoisotopic (exact) mass is 295 g/mol. The zero-order chi connectivity index (χ0) is 14.6. The first-order chi connectivity index (χ1) is 9.49. The van der Waals surface area contributed by atoms with Gasteiger partial charge in [-0.1, -0.05) is 27.7 Å². The van der Waals surface area contributed by atoms with Gasteiger partial charge in [-0.3, -0.25) is 4.90 Å². The minimum Gasteiger partial charge on any atom is -0.313 e. The molecule has 1 N–H and O–H groups in total. The Morgan fingerprint density at radius 1 is 1.45 bits per heavy atom. The molecule has 2 heterocycles. The Balaban J connectivity index is 1.94. The third kappa shape index (κ3) is 4.54. The SMILES string of the molecule is CCCN(Cc1csc(C(C)(C)C)n1)CC1CCCN1. The third-order valence-corrected chi connectivity index (χ3v) is 5.08. The topological polar surface area (TPSA) is 28.2 Å². The highest BCUT2D eigenvalue weighted by Gasteiger charge is 2.21. The van der Waals surface area contributed by atoms with Crippen LogP contribution in [-0.4, -0.2) is 35.6 Å². The Labute approximate surface area is 127 Å². The molecule has 114 valence electrons. The molecule has 1 aromatic rings. The van der Waals surface area contributed by atoms with Crippen LogP contribution in [0.1, 0.15) is 57.7 Å². The normalized spacial score (nSPS) is 19.9. The second-order valence-corrected chi connectivity index (χ2v) is 7.78. The Morgan fingerprint density at radius 3 is 2.80 bits per heavy atom. The molecule has 1 aliphatic heterocycles. The molecule has 20 heavy (non-hydrogen) atoms. The first-order valence-corrected chi connectivity index (χ1v) is 8.77. The molecule has 0 aliphatic carbocycles. The molecule has 0 radical (unpaired) electrons. The fraction of sp³-hybridized carbons (Fsp3) is 0.812. The van der Waals surface area contributed by atoms with Gasteiger partial charge < -0.3 is 5.32 Å². The third-order valence-electron chi connectivity index (χ3n) is 3.76. The minimum atomic E-state index is 0.172. The number of aromatic nitrogens is 1. The van der Waals surface area contributed by atoms with Crippen molar-refractivity contribution in [3.8, 4) is 0 Å². The van der Waals surface area contributed by atoms with Crippen LogP contribution >= 0.6 is 11.3 Å². The summed E-state index contributed by atoms with van der Waals surface area (Å²) in [6.45, 7) is 13.5. The molecule has 0 bridgehead atoms. The van der Waals surface area contributed by atoms with Gasteiger partial charge in [0.25, 0.3) is 0 Å². The van der Waals surface area contributed by atoms with Crippen molar-refractivity contribution in [1.82, 2.24) is 15.2 Å². The minimum absolute atomic E-state index is 0.172. The lowest BCUT2D eigenvalue weighted by Gasteiger charge is -2.24. The maximum Gasteiger partial charge on any atom is 0.0982 e. The summed E-state index contributed by atoms with van der Waals surface area (Å²) >= 11 is 1.81. The summed E-state index contributed by atoms with van der Waals surface area (Å²) in [6.07, 6.45) is 3.86. The lowest BCUT2D eigenvalue weighted by Crippen LogP contribution is -2.37. The highest BCUT2D eigenvalue weighted by atomic mass is 32.1. The average Bonchev–Trinajstić information content (AvgIpc) is 2.99. The van der Waals surface area contributed by atoms with Crippen LogP contribution in [0, 0.1) is 0 Å². The molecule has 0 aromatic carbocycles. The van der Waals surface area contributed by atoms with Crippen LogP contribution in [-0.2, 0) is 12.0 Å². The first-order valence-electron chi connectivity index (χ1n) is 7.89. The van der Waals surface area contributed by atoms with E-state index in [1.165, 1.54) is 43.1 Å². The van der Waals surface area contributed by atoms with E-state index in [9.17, 15) is 0 Å². The van der Waals surface area contributed by atoms with E-state index >= 15 is 0 Å². The van der Waals surface area contributed by atoms with Crippen molar-refractivity contribution < 1.29 is 0 Å². The molecule has 0 saturated carbocycles. The maximum absolute atomic E-state index is 4.83. The standard InChI is InChI=1S/C16H29N3S/c1-5-9-19(10-13-7-6-8-17-13)11-14-12-20-15(18-14)16(2,3)4/h12-13,17H,5-11H2,1-4H3. The number of nitrogens with one attached hydrogen (secondary N) is 1. The molecule has 0 amide bonds. The lowest BCUT2D eigenvalue weighted by atomic mass is 9.98. The van der Waals surface area contributed by atoms with Crippen molar-refractivity contribution in [2.45, 2.75) is 65.0 Å². The van der Waals surface area contributed by atoms with Gasteiger partial charge >= 0.3 is 0 Å². The highest BCUT2D eigenvalue weighted by Crippen LogP contribution is 2.26. The summed E-state index contributed by atoms with van der Waals surface area (Å²) < 4.78 is 0. The highest BCUT2D eigenvalue weighted by molar-refractivity contribution is 7.09. The van der Waals surface area contributed by atoms with Gasteiger partial charge in [0.1, 0.15) is 0 Å². The molecule has 3 nitrogen and oxygen atoms in total. The smallest absolute Gasteiger partial charge is 0.0982 e. The van der Waals surface area contributed by atoms with E-state index in [1.54, 1.807) is 11.3 Å². The van der Waals surface area contributed by atoms with Gasteiger partial charge in [-0.15, -0.1) is 11.3 Å². The van der Waals surface area contributed by atoms with Gasteiger partial charge in [-0.05, 0) is 32.4 Å². The fourth-order valence-electron chi connectivity index (χ4n) is 2.73. The van der Waals surface area contributed by atoms with E-state index in [0.717, 1.165) is 13.1 Å². The zero-order valence-corrected chi connectivity index (χ0v) is 14.2. The molecule has 1 aromatic heterocycles. The van der Waals surface area contributed by atoms with Crippen molar-refractivity contribution in [3.05, 3.63) is 16.1 Å². The summed E-state index contributed by atoms with van der Waals surface area (Å²) in [5, 5.41) is 7.10. The largest absolute Gasteiger partial charge is 0.313 e. The predicted octanol–water partition coefficient (Wildman–Crippen LogP) is 3.40. The molecule has 2 rings (SSSR count). The van der Waals surface area contributed by atoms with E-state index < -0.39 is 0 Å². The Bertz CT molecular complexity index is 402. The van der Waals surface area contributed by atoms with Crippen molar-refractivity contribution >= 4 is 11.3 Å².